The van der Waals surface area contributed by atoms with Gasteiger partial charge in [0.25, 0.3) is 0 Å². The van der Waals surface area contributed by atoms with Gasteiger partial charge in [-0.2, -0.15) is 0 Å². The van der Waals surface area contributed by atoms with Crippen LogP contribution in [0.25, 0.3) is 44.5 Å². The Morgan fingerprint density at radius 3 is 1.86 bits per heavy atom. The first-order valence-electron chi connectivity index (χ1n) is 33.2. The van der Waals surface area contributed by atoms with Crippen LogP contribution in [-0.2, 0) is 10.8 Å². The van der Waals surface area contributed by atoms with E-state index >= 15 is 0 Å². The van der Waals surface area contributed by atoms with E-state index in [1.165, 1.54) is 18.2 Å². The Kier molecular flexibility index (Phi) is 3.69. The fourth-order valence-corrected chi connectivity index (χ4v) is 8.14. The molecule has 1 nitrogen and oxygen atoms in total. The Balaban J connectivity index is 1.34. The maximum Gasteiger partial charge on any atom is 0.0713 e. The van der Waals surface area contributed by atoms with Gasteiger partial charge in [-0.25, -0.2) is 0 Å². The van der Waals surface area contributed by atoms with E-state index in [0.29, 0.717) is 0 Å². The summed E-state index contributed by atoms with van der Waals surface area (Å²) < 4.78 is 276. The van der Waals surface area contributed by atoms with Crippen molar-refractivity contribution < 1.29 is 41.1 Å². The first kappa shape index (κ1) is 15.9. The van der Waals surface area contributed by atoms with Gasteiger partial charge < -0.3 is 4.90 Å². The fourth-order valence-electron chi connectivity index (χ4n) is 8.14. The Hall–Kier alpha value is -7.22. The van der Waals surface area contributed by atoms with Crippen LogP contribution >= 0.6 is 0 Å². The summed E-state index contributed by atoms with van der Waals surface area (Å²) in [6, 6.07) is -17.6. The van der Waals surface area contributed by atoms with Gasteiger partial charge in [0.2, 0.25) is 0 Å². The molecule has 0 aromatic heterocycles. The molecule has 280 valence electrons. The van der Waals surface area contributed by atoms with Crippen LogP contribution in [0.3, 0.4) is 0 Å². The third-order valence-electron chi connectivity index (χ3n) is 10.7. The number of para-hydroxylation sites is 1. The van der Waals surface area contributed by atoms with Gasteiger partial charge in [0.1, 0.15) is 0 Å². The summed E-state index contributed by atoms with van der Waals surface area (Å²) in [5.41, 5.74) is -11.8. The molecule has 59 heavy (non-hydrogen) atoms. The lowest BCUT2D eigenvalue weighted by Gasteiger charge is -2.34. The third kappa shape index (κ3) is 5.39. The Labute approximate surface area is 389 Å². The third-order valence-corrected chi connectivity index (χ3v) is 10.7. The van der Waals surface area contributed by atoms with Crippen molar-refractivity contribution in [3.05, 3.63) is 257 Å². The molecular weight excluding hydrogens is 711 g/mol. The molecule has 1 unspecified atom stereocenters. The van der Waals surface area contributed by atoms with Crippen molar-refractivity contribution in [1.82, 2.24) is 0 Å². The molecule has 9 aromatic carbocycles. The molecule has 0 radical (unpaired) electrons. The minimum absolute atomic E-state index is 0.0989. The smallest absolute Gasteiger partial charge is 0.0713 e. The van der Waals surface area contributed by atoms with Crippen LogP contribution in [-0.4, -0.2) is 0 Å². The van der Waals surface area contributed by atoms with E-state index < -0.39 is 253 Å². The number of benzene rings is 9. The minimum Gasteiger partial charge on any atom is -0.310 e. The van der Waals surface area contributed by atoms with Crippen molar-refractivity contribution in [1.29, 1.82) is 0 Å². The molecule has 0 spiro atoms. The second-order valence-electron chi connectivity index (χ2n) is 14.2. The van der Waals surface area contributed by atoms with Gasteiger partial charge in [0.15, 0.2) is 0 Å². The molecule has 0 heterocycles. The lowest BCUT2D eigenvalue weighted by atomic mass is 9.67. The van der Waals surface area contributed by atoms with E-state index in [2.05, 4.69) is 0 Å². The lowest BCUT2D eigenvalue weighted by Crippen LogP contribution is -2.28. The summed E-state index contributed by atoms with van der Waals surface area (Å²) in [6.07, 6.45) is 0. The van der Waals surface area contributed by atoms with E-state index in [9.17, 15) is 20.6 Å². The van der Waals surface area contributed by atoms with E-state index in [1.807, 2.05) is 0 Å². The molecule has 0 saturated heterocycles. The second kappa shape index (κ2) is 13.7. The lowest BCUT2D eigenvalue weighted by molar-refractivity contribution is 0.660. The summed E-state index contributed by atoms with van der Waals surface area (Å²) in [5, 5.41) is 0. The van der Waals surface area contributed by atoms with Gasteiger partial charge in [0.05, 0.1) is 52.2 Å². The summed E-state index contributed by atoms with van der Waals surface area (Å²) in [6.45, 7) is 3.24. The van der Waals surface area contributed by atoms with E-state index in [-0.39, 0.29) is 34.3 Å². The molecule has 11 rings (SSSR count). The Bertz CT molecular complexity index is 4720. The van der Waals surface area contributed by atoms with Crippen molar-refractivity contribution in [2.45, 2.75) is 24.7 Å². The molecule has 2 aliphatic rings. The highest BCUT2D eigenvalue weighted by molar-refractivity contribution is 5.92. The predicted octanol–water partition coefficient (Wildman–Crippen LogP) is 15.2. The largest absolute Gasteiger partial charge is 0.310 e. The van der Waals surface area contributed by atoms with Crippen molar-refractivity contribution in [2.75, 3.05) is 4.90 Å². The van der Waals surface area contributed by atoms with Gasteiger partial charge in [-0.05, 0) is 109 Å². The first-order valence-corrected chi connectivity index (χ1v) is 18.2. The second-order valence-corrected chi connectivity index (χ2v) is 14.2. The van der Waals surface area contributed by atoms with Crippen LogP contribution in [0.2, 0.25) is 0 Å². The molecule has 1 atom stereocenters. The van der Waals surface area contributed by atoms with Crippen LogP contribution in [0.5, 0.6) is 0 Å². The summed E-state index contributed by atoms with van der Waals surface area (Å²) in [4.78, 5) is 0.869. The molecule has 0 amide bonds. The molecule has 2 aliphatic carbocycles. The standard InChI is InChI=1S/C58H43N/c1-57(2)52-28-13-9-25-48(52)51-37-36-46(39-55(51)57)59(45-34-32-41(33-35-45)40-18-5-3-6-19-40)56-31-16-12-24-47(56)42-20-17-23-44(38-42)58(43-21-7-4-8-22-43)53-29-14-10-26-49(53)50-27-11-15-30-54(50)58/h3-39H,1-2H3/i3D,4D,5D,6D,7D,8D,9D,10D,11D,12D,13D,14D,15D,16D,18D,19D,20D,21D,22D,24D,26D,27D,28D,29D,31D,32D,33D,34D,38D,39D. The van der Waals surface area contributed by atoms with Crippen LogP contribution < -0.4 is 4.90 Å². The maximum atomic E-state index is 10.6. The molecule has 0 saturated carbocycles. The van der Waals surface area contributed by atoms with Gasteiger partial charge in [-0.3, -0.25) is 0 Å². The number of hydrogen-bond acceptors (Lipinski definition) is 1. The van der Waals surface area contributed by atoms with Gasteiger partial charge in [-0.1, -0.05) is 201 Å². The number of hydrogen-bond donors (Lipinski definition) is 0. The van der Waals surface area contributed by atoms with E-state index in [1.54, 1.807) is 13.8 Å². The number of rotatable bonds is 7. The van der Waals surface area contributed by atoms with Crippen LogP contribution in [0, 0.1) is 0 Å². The summed E-state index contributed by atoms with van der Waals surface area (Å²) in [5.74, 6) is 0. The topological polar surface area (TPSA) is 3.24 Å². The highest BCUT2D eigenvalue weighted by atomic mass is 15.1. The molecule has 1 heteroatoms. The van der Waals surface area contributed by atoms with Gasteiger partial charge >= 0.3 is 0 Å². The molecule has 9 aromatic rings. The highest BCUT2D eigenvalue weighted by Gasteiger charge is 2.46. The van der Waals surface area contributed by atoms with E-state index in [4.69, 9.17) is 20.6 Å². The molecular formula is C58H43N. The number of anilines is 3. The zero-order valence-electron chi connectivity index (χ0n) is 61.0. The van der Waals surface area contributed by atoms with Crippen molar-refractivity contribution >= 4 is 17.1 Å². The van der Waals surface area contributed by atoms with E-state index in [0.717, 1.165) is 29.2 Å². The Morgan fingerprint density at radius 2 is 1.02 bits per heavy atom. The predicted molar refractivity (Wildman–Crippen MR) is 247 cm³/mol. The molecule has 0 aliphatic heterocycles. The monoisotopic (exact) mass is 784 g/mol. The first-order chi connectivity index (χ1) is 41.5. The van der Waals surface area contributed by atoms with Crippen LogP contribution in [0.15, 0.2) is 224 Å². The maximum absolute atomic E-state index is 10.6. The average molecular weight is 784 g/mol. The van der Waals surface area contributed by atoms with Crippen molar-refractivity contribution in [3.8, 4) is 44.5 Å². The molecule has 0 bridgehead atoms. The number of nitrogens with zero attached hydrogens (tertiary/aromatic N) is 1. The average Bonchev–Trinajstić information content (AvgIpc) is 1.54. The molecule has 0 fully saturated rings. The van der Waals surface area contributed by atoms with Crippen molar-refractivity contribution in [2.24, 2.45) is 0 Å². The fraction of sp³-hybridized carbons (Fsp3) is 0.0690. The van der Waals surface area contributed by atoms with Gasteiger partial charge in [-0.15, -0.1) is 0 Å². The quantitative estimate of drug-likeness (QED) is 0.156. The number of fused-ring (bicyclic) bond motifs is 6. The van der Waals surface area contributed by atoms with Crippen molar-refractivity contribution in [3.63, 3.8) is 0 Å². The van der Waals surface area contributed by atoms with Crippen LogP contribution in [0.4, 0.5) is 17.1 Å². The molecule has 0 N–H and O–H groups in total. The minimum atomic E-state index is -2.87. The summed E-state index contributed by atoms with van der Waals surface area (Å²) in [7, 11) is 0. The summed E-state index contributed by atoms with van der Waals surface area (Å²) >= 11 is 0. The SMILES string of the molecule is [2H]c1cc2c(c([2H])c1[2H])-c1c([2H])c([2H])c([2H])c([2H])c1C2(c1ccc([2H])c(-c2c([2H])c([2H])c([2H])c([2H])c2N(c2cc([2H])c(-c3c([2H])c([2H])c([2H])c([2H])c3[2H])c([2H])c2[2H])c2ccc3c(c2[2H])C(C)(C)c2c-3cc([2H])c([2H])c2[2H])c1[2H])c1c([2H])c([2H])c([2H])c([2H])c1[2H]. The zero-order valence-corrected chi connectivity index (χ0v) is 31.0. The van der Waals surface area contributed by atoms with Gasteiger partial charge in [0, 0.05) is 22.4 Å². The zero-order chi connectivity index (χ0) is 65.7. The highest BCUT2D eigenvalue weighted by Crippen LogP contribution is 2.57. The normalized spacial score (nSPS) is 22.6. The Morgan fingerprint density at radius 1 is 0.373 bits per heavy atom. The van der Waals surface area contributed by atoms with Crippen LogP contribution in [0.1, 0.15) is 88.4 Å².